The zero-order chi connectivity index (χ0) is 44.5. The first-order chi connectivity index (χ1) is 29.9. The van der Waals surface area contributed by atoms with Crippen LogP contribution in [-0.2, 0) is 28.6 Å². The Morgan fingerprint density at radius 1 is 0.328 bits per heavy atom. The summed E-state index contributed by atoms with van der Waals surface area (Å²) in [6, 6.07) is 0. The number of esters is 3. The van der Waals surface area contributed by atoms with Crippen molar-refractivity contribution >= 4 is 17.9 Å². The van der Waals surface area contributed by atoms with E-state index in [0.29, 0.717) is 19.3 Å². The number of ether oxygens (including phenoxy) is 3. The first-order valence-electron chi connectivity index (χ1n) is 27.4. The molecule has 0 spiro atoms. The van der Waals surface area contributed by atoms with Crippen LogP contribution in [-0.4, -0.2) is 37.2 Å². The SMILES string of the molecule is CCCCCCCCCCCCCCCCCCCCC(=O)OC[C@H](COC(=O)CCCCCCCCC(C)CC)OC(=O)CCCCCCCCCCCCCCCCC. The maximum Gasteiger partial charge on any atom is 0.306 e. The van der Waals surface area contributed by atoms with Gasteiger partial charge in [-0.3, -0.25) is 14.4 Å². The van der Waals surface area contributed by atoms with Crippen molar-refractivity contribution in [1.82, 2.24) is 0 Å². The van der Waals surface area contributed by atoms with Crippen molar-refractivity contribution in [2.45, 2.75) is 316 Å². The van der Waals surface area contributed by atoms with Gasteiger partial charge in [-0.05, 0) is 25.2 Å². The minimum absolute atomic E-state index is 0.0631. The summed E-state index contributed by atoms with van der Waals surface area (Å²) in [4.78, 5) is 38.0. The molecule has 0 rings (SSSR count). The van der Waals surface area contributed by atoms with Gasteiger partial charge in [0.1, 0.15) is 13.2 Å². The molecule has 0 aromatic carbocycles. The number of unbranched alkanes of at least 4 members (excludes halogenated alkanes) is 36. The highest BCUT2D eigenvalue weighted by Crippen LogP contribution is 2.18. The van der Waals surface area contributed by atoms with Gasteiger partial charge in [0, 0.05) is 19.3 Å². The Morgan fingerprint density at radius 2 is 0.574 bits per heavy atom. The number of hydrogen-bond donors (Lipinski definition) is 0. The van der Waals surface area contributed by atoms with Crippen molar-refractivity contribution < 1.29 is 28.6 Å². The van der Waals surface area contributed by atoms with E-state index >= 15 is 0 Å². The van der Waals surface area contributed by atoms with Crippen LogP contribution in [0.3, 0.4) is 0 Å². The third-order valence-corrected chi connectivity index (χ3v) is 12.9. The fourth-order valence-electron chi connectivity index (χ4n) is 8.36. The topological polar surface area (TPSA) is 78.9 Å². The Kier molecular flexibility index (Phi) is 48.1. The lowest BCUT2D eigenvalue weighted by Gasteiger charge is -2.18. The van der Waals surface area contributed by atoms with Crippen molar-refractivity contribution in [3.05, 3.63) is 0 Å². The highest BCUT2D eigenvalue weighted by molar-refractivity contribution is 5.71. The summed E-state index contributed by atoms with van der Waals surface area (Å²) < 4.78 is 16.8. The van der Waals surface area contributed by atoms with Gasteiger partial charge >= 0.3 is 17.9 Å². The molecule has 0 aliphatic carbocycles. The van der Waals surface area contributed by atoms with Gasteiger partial charge in [-0.2, -0.15) is 0 Å². The minimum atomic E-state index is -0.762. The molecule has 0 N–H and O–H groups in total. The Morgan fingerprint density at radius 3 is 0.852 bits per heavy atom. The number of rotatable bonds is 50. The average molecular weight is 863 g/mol. The highest BCUT2D eigenvalue weighted by atomic mass is 16.6. The molecule has 0 aromatic heterocycles. The molecule has 1 unspecified atom stereocenters. The maximum absolute atomic E-state index is 12.8. The van der Waals surface area contributed by atoms with E-state index < -0.39 is 6.10 Å². The van der Waals surface area contributed by atoms with E-state index in [1.54, 1.807) is 0 Å². The maximum atomic E-state index is 12.8. The molecule has 6 nitrogen and oxygen atoms in total. The predicted molar refractivity (Wildman–Crippen MR) is 261 cm³/mol. The first-order valence-corrected chi connectivity index (χ1v) is 27.4. The van der Waals surface area contributed by atoms with Crippen LogP contribution in [0.25, 0.3) is 0 Å². The highest BCUT2D eigenvalue weighted by Gasteiger charge is 2.19. The monoisotopic (exact) mass is 863 g/mol. The van der Waals surface area contributed by atoms with Crippen molar-refractivity contribution in [2.24, 2.45) is 5.92 Å². The summed E-state index contributed by atoms with van der Waals surface area (Å²) in [5, 5.41) is 0. The standard InChI is InChI=1S/C55H106O6/c1-5-8-10-12-14-16-18-20-22-23-24-26-27-29-31-33-38-42-46-53(56)59-49-52(50-60-54(57)47-43-39-36-35-37-41-45-51(4)7-3)61-55(58)48-44-40-34-32-30-28-25-21-19-17-15-13-11-9-6-2/h51-52H,5-50H2,1-4H3/t51?,52-/m1/s1. The van der Waals surface area contributed by atoms with Crippen LogP contribution in [0.15, 0.2) is 0 Å². The lowest BCUT2D eigenvalue weighted by Crippen LogP contribution is -2.30. The largest absolute Gasteiger partial charge is 0.462 e. The minimum Gasteiger partial charge on any atom is -0.462 e. The Labute approximate surface area is 380 Å². The molecule has 0 saturated heterocycles. The molecule has 61 heavy (non-hydrogen) atoms. The van der Waals surface area contributed by atoms with E-state index in [-0.39, 0.29) is 31.1 Å². The molecular weight excluding hydrogens is 757 g/mol. The van der Waals surface area contributed by atoms with Crippen molar-refractivity contribution in [3.8, 4) is 0 Å². The third-order valence-electron chi connectivity index (χ3n) is 12.9. The van der Waals surface area contributed by atoms with E-state index in [2.05, 4.69) is 27.7 Å². The molecule has 2 atom stereocenters. The fourth-order valence-corrected chi connectivity index (χ4v) is 8.36. The van der Waals surface area contributed by atoms with Crippen LogP contribution in [0, 0.1) is 5.92 Å². The van der Waals surface area contributed by atoms with Gasteiger partial charge in [-0.25, -0.2) is 0 Å². The molecule has 0 fully saturated rings. The second kappa shape index (κ2) is 49.4. The van der Waals surface area contributed by atoms with E-state index in [4.69, 9.17) is 14.2 Å². The quantitative estimate of drug-likeness (QED) is 0.0344. The Hall–Kier alpha value is -1.59. The molecule has 0 aliphatic rings. The van der Waals surface area contributed by atoms with Crippen molar-refractivity contribution in [3.63, 3.8) is 0 Å². The van der Waals surface area contributed by atoms with Gasteiger partial charge in [-0.1, -0.05) is 272 Å². The van der Waals surface area contributed by atoms with Gasteiger partial charge in [-0.15, -0.1) is 0 Å². The van der Waals surface area contributed by atoms with E-state index in [0.717, 1.165) is 63.7 Å². The second-order valence-electron chi connectivity index (χ2n) is 19.1. The Balaban J connectivity index is 4.26. The van der Waals surface area contributed by atoms with Crippen LogP contribution in [0.4, 0.5) is 0 Å². The molecule has 0 saturated carbocycles. The number of carbonyl (C=O) groups excluding carboxylic acids is 3. The number of hydrogen-bond acceptors (Lipinski definition) is 6. The average Bonchev–Trinajstić information content (AvgIpc) is 3.26. The first kappa shape index (κ1) is 59.4. The Bertz CT molecular complexity index is 920. The third kappa shape index (κ3) is 47.7. The van der Waals surface area contributed by atoms with E-state index in [1.165, 1.54) is 205 Å². The van der Waals surface area contributed by atoms with Crippen molar-refractivity contribution in [2.75, 3.05) is 13.2 Å². The zero-order valence-corrected chi connectivity index (χ0v) is 41.6. The second-order valence-corrected chi connectivity index (χ2v) is 19.1. The van der Waals surface area contributed by atoms with E-state index in [9.17, 15) is 14.4 Å². The van der Waals surface area contributed by atoms with Crippen LogP contribution in [0.5, 0.6) is 0 Å². The summed E-state index contributed by atoms with van der Waals surface area (Å²) in [5.74, 6) is -0.0295. The smallest absolute Gasteiger partial charge is 0.306 e. The normalized spacial score (nSPS) is 12.4. The molecule has 0 bridgehead atoms. The fraction of sp³-hybridized carbons (Fsp3) is 0.945. The van der Waals surface area contributed by atoms with Crippen molar-refractivity contribution in [1.29, 1.82) is 0 Å². The lowest BCUT2D eigenvalue weighted by molar-refractivity contribution is -0.167. The molecule has 0 aromatic rings. The summed E-state index contributed by atoms with van der Waals surface area (Å²) in [7, 11) is 0. The molecule has 0 amide bonds. The molecule has 0 radical (unpaired) electrons. The van der Waals surface area contributed by atoms with Gasteiger partial charge in [0.05, 0.1) is 0 Å². The van der Waals surface area contributed by atoms with Gasteiger partial charge in [0.25, 0.3) is 0 Å². The molecule has 0 heterocycles. The van der Waals surface area contributed by atoms with Crippen LogP contribution >= 0.6 is 0 Å². The molecule has 362 valence electrons. The zero-order valence-electron chi connectivity index (χ0n) is 41.6. The molecule has 0 aliphatic heterocycles. The summed E-state index contributed by atoms with van der Waals surface area (Å²) in [6.45, 7) is 9.01. The van der Waals surface area contributed by atoms with Gasteiger partial charge < -0.3 is 14.2 Å². The van der Waals surface area contributed by atoms with Crippen LogP contribution in [0.2, 0.25) is 0 Å². The summed E-state index contributed by atoms with van der Waals surface area (Å²) in [5.41, 5.74) is 0. The van der Waals surface area contributed by atoms with Crippen LogP contribution < -0.4 is 0 Å². The van der Waals surface area contributed by atoms with Crippen LogP contribution in [0.1, 0.15) is 310 Å². The molecular formula is C55H106O6. The summed E-state index contributed by atoms with van der Waals surface area (Å²) >= 11 is 0. The lowest BCUT2D eigenvalue weighted by atomic mass is 10.00. The van der Waals surface area contributed by atoms with E-state index in [1.807, 2.05) is 0 Å². The van der Waals surface area contributed by atoms with Gasteiger partial charge in [0.15, 0.2) is 6.10 Å². The molecule has 6 heteroatoms. The number of carbonyl (C=O) groups is 3. The predicted octanol–water partition coefficient (Wildman–Crippen LogP) is 17.8. The summed E-state index contributed by atoms with van der Waals surface area (Å²) in [6.07, 6.45) is 52.4. The van der Waals surface area contributed by atoms with Gasteiger partial charge in [0.2, 0.25) is 0 Å².